The van der Waals surface area contributed by atoms with Crippen LogP contribution in [0.2, 0.25) is 0 Å². The van der Waals surface area contributed by atoms with Crippen molar-refractivity contribution in [3.8, 4) is 11.1 Å². The van der Waals surface area contributed by atoms with E-state index < -0.39 is 17.7 Å². The van der Waals surface area contributed by atoms with Crippen LogP contribution in [0.4, 0.5) is 10.5 Å². The molecule has 4 aromatic carbocycles. The molecule has 0 fully saturated rings. The van der Waals surface area contributed by atoms with Crippen molar-refractivity contribution in [1.29, 1.82) is 5.41 Å². The Labute approximate surface area is 257 Å². The number of carbonyl (C=O) groups excluding carboxylic acids is 3. The average molecular weight is 593 g/mol. The maximum absolute atomic E-state index is 13.6. The Morgan fingerprint density at radius 2 is 1.45 bits per heavy atom. The summed E-state index contributed by atoms with van der Waals surface area (Å²) >= 11 is 0. The number of rotatable bonds is 9. The van der Waals surface area contributed by atoms with Gasteiger partial charge in [-0.2, -0.15) is 0 Å². The van der Waals surface area contributed by atoms with Crippen molar-refractivity contribution in [2.75, 3.05) is 12.4 Å². The lowest BCUT2D eigenvalue weighted by atomic mass is 9.93. The molecule has 4 aromatic rings. The van der Waals surface area contributed by atoms with E-state index in [2.05, 4.69) is 5.32 Å². The van der Waals surface area contributed by atoms with E-state index >= 15 is 0 Å². The van der Waals surface area contributed by atoms with Gasteiger partial charge in [-0.15, -0.1) is 0 Å². The van der Waals surface area contributed by atoms with Gasteiger partial charge in [-0.1, -0.05) is 60.7 Å². The van der Waals surface area contributed by atoms with E-state index in [0.29, 0.717) is 33.5 Å². The minimum atomic E-state index is -0.651. The van der Waals surface area contributed by atoms with Gasteiger partial charge >= 0.3 is 12.1 Å². The van der Waals surface area contributed by atoms with Gasteiger partial charge in [-0.3, -0.25) is 10.2 Å². The van der Waals surface area contributed by atoms with Crippen LogP contribution >= 0.6 is 0 Å². The van der Waals surface area contributed by atoms with Crippen molar-refractivity contribution in [2.24, 2.45) is 5.73 Å². The highest BCUT2D eigenvalue weighted by Gasteiger charge is 2.23. The van der Waals surface area contributed by atoms with Crippen molar-refractivity contribution >= 4 is 29.5 Å². The molecular formula is C35H36N4O5. The smallest absolute Gasteiger partial charge is 0.410 e. The summed E-state index contributed by atoms with van der Waals surface area (Å²) in [7, 11) is 1.62. The molecule has 0 saturated heterocycles. The van der Waals surface area contributed by atoms with E-state index in [0.717, 1.165) is 5.56 Å². The number of nitrogens with zero attached hydrogens (tertiary/aromatic N) is 1. The topological polar surface area (TPSA) is 135 Å². The Morgan fingerprint density at radius 3 is 2.11 bits per heavy atom. The first kappa shape index (κ1) is 31.5. The zero-order valence-corrected chi connectivity index (χ0v) is 25.2. The maximum Gasteiger partial charge on any atom is 0.410 e. The van der Waals surface area contributed by atoms with Gasteiger partial charge < -0.3 is 25.4 Å². The standard InChI is InChI=1S/C35H36N4O5/c1-35(2,3)44-34(42)39(4)21-24-14-19-28(30(20-24)33(41)43-22-23-10-6-5-7-11-23)27-12-8-9-13-29(27)32(40)38-26-17-15-25(16-18-26)31(36)37/h5-20H,21-22H2,1-4H3,(H3,36,37)(H,38,40). The van der Waals surface area contributed by atoms with Gasteiger partial charge in [0, 0.05) is 30.4 Å². The van der Waals surface area contributed by atoms with E-state index in [4.69, 9.17) is 20.6 Å². The van der Waals surface area contributed by atoms with Gasteiger partial charge in [-0.25, -0.2) is 9.59 Å². The second kappa shape index (κ2) is 13.7. The number of hydrogen-bond donors (Lipinski definition) is 3. The predicted octanol–water partition coefficient (Wildman–Crippen LogP) is 6.61. The van der Waals surface area contributed by atoms with Gasteiger partial charge in [0.25, 0.3) is 5.91 Å². The summed E-state index contributed by atoms with van der Waals surface area (Å²) < 4.78 is 11.2. The van der Waals surface area contributed by atoms with Gasteiger partial charge in [-0.05, 0) is 79.4 Å². The third-order valence-corrected chi connectivity index (χ3v) is 6.56. The maximum atomic E-state index is 13.6. The number of esters is 1. The molecule has 0 aliphatic rings. The Kier molecular flexibility index (Phi) is 9.80. The third-order valence-electron chi connectivity index (χ3n) is 6.56. The number of hydrogen-bond acceptors (Lipinski definition) is 6. The van der Waals surface area contributed by atoms with Crippen LogP contribution in [0.1, 0.15) is 58.2 Å². The summed E-state index contributed by atoms with van der Waals surface area (Å²) in [5, 5.41) is 10.4. The Bertz CT molecular complexity index is 1660. The van der Waals surface area contributed by atoms with Gasteiger partial charge in [0.2, 0.25) is 0 Å². The predicted molar refractivity (Wildman–Crippen MR) is 171 cm³/mol. The van der Waals surface area contributed by atoms with E-state index in [1.807, 2.05) is 30.3 Å². The van der Waals surface area contributed by atoms with Crippen LogP contribution in [0, 0.1) is 5.41 Å². The molecule has 0 heterocycles. The zero-order chi connectivity index (χ0) is 31.9. The molecule has 0 spiro atoms. The van der Waals surface area contributed by atoms with Crippen LogP contribution in [0.3, 0.4) is 0 Å². The minimum absolute atomic E-state index is 0.0689. The lowest BCUT2D eigenvalue weighted by molar-refractivity contribution is 0.0285. The lowest BCUT2D eigenvalue weighted by Gasteiger charge is -2.25. The number of nitrogens with one attached hydrogen (secondary N) is 2. The molecule has 2 amide bonds. The first-order chi connectivity index (χ1) is 20.9. The second-order valence-electron chi connectivity index (χ2n) is 11.3. The van der Waals surface area contributed by atoms with Crippen molar-refractivity contribution in [1.82, 2.24) is 4.90 Å². The molecule has 4 rings (SSSR count). The molecule has 0 saturated carbocycles. The molecular weight excluding hydrogens is 556 g/mol. The summed E-state index contributed by atoms with van der Waals surface area (Å²) in [6.07, 6.45) is -0.492. The van der Waals surface area contributed by atoms with Crippen molar-refractivity contribution in [3.63, 3.8) is 0 Å². The first-order valence-corrected chi connectivity index (χ1v) is 14.0. The molecule has 0 unspecified atom stereocenters. The Balaban J connectivity index is 1.67. The highest BCUT2D eigenvalue weighted by Crippen LogP contribution is 2.30. The fourth-order valence-corrected chi connectivity index (χ4v) is 4.42. The minimum Gasteiger partial charge on any atom is -0.457 e. The largest absolute Gasteiger partial charge is 0.457 e. The number of ether oxygens (including phenoxy) is 2. The quantitative estimate of drug-likeness (QED) is 0.114. The fourth-order valence-electron chi connectivity index (χ4n) is 4.42. The summed E-state index contributed by atoms with van der Waals surface area (Å²) in [6, 6.07) is 28.2. The van der Waals surface area contributed by atoms with Crippen LogP contribution < -0.4 is 11.1 Å². The number of nitrogen functional groups attached to an aromatic ring is 1. The SMILES string of the molecule is CN(Cc1ccc(-c2ccccc2C(=O)Nc2ccc(C(=N)N)cc2)c(C(=O)OCc2ccccc2)c1)C(=O)OC(C)(C)C. The van der Waals surface area contributed by atoms with Gasteiger partial charge in [0.05, 0.1) is 5.56 Å². The number of nitrogens with two attached hydrogens (primary N) is 1. The van der Waals surface area contributed by atoms with Gasteiger partial charge in [0.1, 0.15) is 18.0 Å². The van der Waals surface area contributed by atoms with Crippen molar-refractivity contribution in [2.45, 2.75) is 39.5 Å². The molecule has 0 atom stereocenters. The van der Waals surface area contributed by atoms with E-state index in [1.54, 1.807) is 94.5 Å². The van der Waals surface area contributed by atoms with E-state index in [-0.39, 0.29) is 30.5 Å². The Hall–Kier alpha value is -5.44. The van der Waals surface area contributed by atoms with Crippen LogP contribution in [-0.2, 0) is 22.6 Å². The fraction of sp³-hybridized carbons (Fsp3) is 0.200. The number of carbonyl (C=O) groups is 3. The molecule has 9 nitrogen and oxygen atoms in total. The lowest BCUT2D eigenvalue weighted by Crippen LogP contribution is -2.33. The normalized spacial score (nSPS) is 10.9. The first-order valence-electron chi connectivity index (χ1n) is 14.0. The molecule has 44 heavy (non-hydrogen) atoms. The van der Waals surface area contributed by atoms with Crippen LogP contribution in [0.25, 0.3) is 11.1 Å². The summed E-state index contributed by atoms with van der Waals surface area (Å²) in [5.74, 6) is -1.02. The van der Waals surface area contributed by atoms with Crippen LogP contribution in [0.15, 0.2) is 97.1 Å². The van der Waals surface area contributed by atoms with Crippen LogP contribution in [-0.4, -0.2) is 41.4 Å². The molecule has 0 radical (unpaired) electrons. The third kappa shape index (κ3) is 8.32. The number of amidine groups is 1. The number of amides is 2. The Morgan fingerprint density at radius 1 is 0.818 bits per heavy atom. The second-order valence-corrected chi connectivity index (χ2v) is 11.3. The van der Waals surface area contributed by atoms with Crippen molar-refractivity contribution in [3.05, 3.63) is 125 Å². The molecule has 0 bridgehead atoms. The van der Waals surface area contributed by atoms with Gasteiger partial charge in [0.15, 0.2) is 0 Å². The van der Waals surface area contributed by atoms with Crippen LogP contribution in [0.5, 0.6) is 0 Å². The van der Waals surface area contributed by atoms with Crippen molar-refractivity contribution < 1.29 is 23.9 Å². The highest BCUT2D eigenvalue weighted by atomic mass is 16.6. The number of anilines is 1. The highest BCUT2D eigenvalue weighted by molar-refractivity contribution is 6.10. The van der Waals surface area contributed by atoms with E-state index in [1.165, 1.54) is 4.90 Å². The monoisotopic (exact) mass is 592 g/mol. The average Bonchev–Trinajstić information content (AvgIpc) is 2.99. The zero-order valence-electron chi connectivity index (χ0n) is 25.2. The molecule has 0 aliphatic carbocycles. The number of benzene rings is 4. The summed E-state index contributed by atoms with van der Waals surface area (Å²) in [4.78, 5) is 41.1. The molecule has 226 valence electrons. The van der Waals surface area contributed by atoms with E-state index in [9.17, 15) is 14.4 Å². The molecule has 0 aromatic heterocycles. The molecule has 0 aliphatic heterocycles. The molecule has 4 N–H and O–H groups in total. The summed E-state index contributed by atoms with van der Waals surface area (Å²) in [6.45, 7) is 5.64. The summed E-state index contributed by atoms with van der Waals surface area (Å²) in [5.41, 5.74) is 9.11. The molecule has 9 heteroatoms.